The number of aryl methyl sites for hydroxylation is 1. The molecule has 2 aromatic rings. The van der Waals surface area contributed by atoms with Gasteiger partial charge in [0.25, 0.3) is 0 Å². The summed E-state index contributed by atoms with van der Waals surface area (Å²) in [6.07, 6.45) is 1.70. The van der Waals surface area contributed by atoms with E-state index in [0.717, 1.165) is 11.3 Å². The summed E-state index contributed by atoms with van der Waals surface area (Å²) in [4.78, 5) is 11.8. The van der Waals surface area contributed by atoms with Gasteiger partial charge in [0.1, 0.15) is 11.4 Å². The van der Waals surface area contributed by atoms with Crippen molar-refractivity contribution in [3.63, 3.8) is 0 Å². The van der Waals surface area contributed by atoms with Crippen LogP contribution in [0.4, 0.5) is 9.18 Å². The highest BCUT2D eigenvalue weighted by Crippen LogP contribution is 2.19. The van der Waals surface area contributed by atoms with Crippen LogP contribution < -0.4 is 10.6 Å². The van der Waals surface area contributed by atoms with Gasteiger partial charge >= 0.3 is 6.03 Å². The maximum atomic E-state index is 12.9. The molecular weight excluding hydrogens is 299 g/mol. The number of urea groups is 1. The lowest BCUT2D eigenvalue weighted by Crippen LogP contribution is -2.43. The molecular formula is C16H21FN4O2. The number of amides is 2. The minimum atomic E-state index is -1.28. The molecule has 0 saturated carbocycles. The van der Waals surface area contributed by atoms with E-state index in [1.54, 1.807) is 17.8 Å². The molecule has 0 saturated heterocycles. The number of aromatic nitrogens is 2. The summed E-state index contributed by atoms with van der Waals surface area (Å²) in [5, 5.41) is 19.8. The first kappa shape index (κ1) is 17.0. The number of rotatable bonds is 5. The SMILES string of the molecule is Cc1c(CNC(=O)NCC(C)(O)c2ccc(F)cc2)cnn1C. The fourth-order valence-corrected chi connectivity index (χ4v) is 2.12. The summed E-state index contributed by atoms with van der Waals surface area (Å²) in [7, 11) is 1.83. The molecule has 2 rings (SSSR count). The van der Waals surface area contributed by atoms with Gasteiger partial charge in [0.05, 0.1) is 12.7 Å². The normalized spacial score (nSPS) is 13.4. The third-order valence-electron chi connectivity index (χ3n) is 3.84. The number of carbonyl (C=O) groups is 1. The van der Waals surface area contributed by atoms with E-state index in [-0.39, 0.29) is 12.4 Å². The Morgan fingerprint density at radius 1 is 1.35 bits per heavy atom. The lowest BCUT2D eigenvalue weighted by Gasteiger charge is -2.24. The molecule has 0 radical (unpaired) electrons. The number of hydrogen-bond acceptors (Lipinski definition) is 3. The van der Waals surface area contributed by atoms with Crippen LogP contribution in [0.2, 0.25) is 0 Å². The third-order valence-corrected chi connectivity index (χ3v) is 3.84. The second-order valence-corrected chi connectivity index (χ2v) is 5.70. The van der Waals surface area contributed by atoms with Crippen LogP contribution in [-0.2, 0) is 19.2 Å². The van der Waals surface area contributed by atoms with Crippen molar-refractivity contribution >= 4 is 6.03 Å². The highest BCUT2D eigenvalue weighted by atomic mass is 19.1. The Labute approximate surface area is 134 Å². The highest BCUT2D eigenvalue weighted by molar-refractivity contribution is 5.73. The molecule has 1 unspecified atom stereocenters. The second kappa shape index (κ2) is 6.78. The number of benzene rings is 1. The second-order valence-electron chi connectivity index (χ2n) is 5.70. The average Bonchev–Trinajstić information content (AvgIpc) is 2.83. The summed E-state index contributed by atoms with van der Waals surface area (Å²) >= 11 is 0. The van der Waals surface area contributed by atoms with Gasteiger partial charge in [0.2, 0.25) is 0 Å². The summed E-state index contributed by atoms with van der Waals surface area (Å²) in [5.74, 6) is -0.373. The molecule has 0 aliphatic carbocycles. The Hall–Kier alpha value is -2.41. The molecule has 7 heteroatoms. The predicted octanol–water partition coefficient (Wildman–Crippen LogP) is 1.57. The number of halogens is 1. The molecule has 1 aromatic carbocycles. The van der Waals surface area contributed by atoms with E-state index in [9.17, 15) is 14.3 Å². The first-order valence-electron chi connectivity index (χ1n) is 7.27. The van der Waals surface area contributed by atoms with Crippen LogP contribution >= 0.6 is 0 Å². The lowest BCUT2D eigenvalue weighted by molar-refractivity contribution is 0.0593. The highest BCUT2D eigenvalue weighted by Gasteiger charge is 2.23. The number of aliphatic hydroxyl groups is 1. The Kier molecular flexibility index (Phi) is 5.00. The number of hydrogen-bond donors (Lipinski definition) is 3. The van der Waals surface area contributed by atoms with E-state index < -0.39 is 11.6 Å². The van der Waals surface area contributed by atoms with Crippen molar-refractivity contribution in [3.05, 3.63) is 53.1 Å². The van der Waals surface area contributed by atoms with Crippen LogP contribution in [0.15, 0.2) is 30.5 Å². The molecule has 0 bridgehead atoms. The van der Waals surface area contributed by atoms with Gasteiger partial charge in [-0.15, -0.1) is 0 Å². The standard InChI is InChI=1S/C16H21FN4O2/c1-11-12(9-20-21(11)3)8-18-15(22)19-10-16(2,23)13-4-6-14(17)7-5-13/h4-7,9,23H,8,10H2,1-3H3,(H2,18,19,22). The van der Waals surface area contributed by atoms with Crippen molar-refractivity contribution in [1.29, 1.82) is 0 Å². The van der Waals surface area contributed by atoms with Gasteiger partial charge in [-0.25, -0.2) is 9.18 Å². The zero-order chi connectivity index (χ0) is 17.0. The molecule has 0 aliphatic rings. The van der Waals surface area contributed by atoms with Crippen molar-refractivity contribution < 1.29 is 14.3 Å². The maximum Gasteiger partial charge on any atom is 0.315 e. The van der Waals surface area contributed by atoms with E-state index in [1.165, 1.54) is 24.3 Å². The van der Waals surface area contributed by atoms with Crippen molar-refractivity contribution in [1.82, 2.24) is 20.4 Å². The molecule has 1 atom stereocenters. The molecule has 3 N–H and O–H groups in total. The van der Waals surface area contributed by atoms with Crippen LogP contribution in [0.1, 0.15) is 23.7 Å². The predicted molar refractivity (Wildman–Crippen MR) is 84.2 cm³/mol. The van der Waals surface area contributed by atoms with E-state index in [2.05, 4.69) is 15.7 Å². The first-order valence-corrected chi connectivity index (χ1v) is 7.27. The van der Waals surface area contributed by atoms with Crippen LogP contribution in [0.25, 0.3) is 0 Å². The molecule has 1 aromatic heterocycles. The molecule has 0 fully saturated rings. The van der Waals surface area contributed by atoms with Gasteiger partial charge in [-0.2, -0.15) is 5.10 Å². The largest absolute Gasteiger partial charge is 0.384 e. The summed E-state index contributed by atoms with van der Waals surface area (Å²) in [6, 6.07) is 5.14. The number of nitrogens with one attached hydrogen (secondary N) is 2. The molecule has 0 spiro atoms. The van der Waals surface area contributed by atoms with Gasteiger partial charge in [0, 0.05) is 24.8 Å². The van der Waals surface area contributed by atoms with Crippen LogP contribution in [0.5, 0.6) is 0 Å². The number of nitrogens with zero attached hydrogens (tertiary/aromatic N) is 2. The van der Waals surface area contributed by atoms with Gasteiger partial charge in [0.15, 0.2) is 0 Å². The lowest BCUT2D eigenvalue weighted by atomic mass is 9.96. The zero-order valence-corrected chi connectivity index (χ0v) is 13.4. The topological polar surface area (TPSA) is 79.2 Å². The summed E-state index contributed by atoms with van der Waals surface area (Å²) < 4.78 is 14.6. The number of carbonyl (C=O) groups excluding carboxylic acids is 1. The molecule has 1 heterocycles. The van der Waals surface area contributed by atoms with Crippen molar-refractivity contribution in [2.45, 2.75) is 26.0 Å². The fourth-order valence-electron chi connectivity index (χ4n) is 2.12. The van der Waals surface area contributed by atoms with Gasteiger partial charge in [-0.1, -0.05) is 12.1 Å². The quantitative estimate of drug-likeness (QED) is 0.782. The van der Waals surface area contributed by atoms with Crippen molar-refractivity contribution in [2.75, 3.05) is 6.54 Å². The minimum Gasteiger partial charge on any atom is -0.384 e. The maximum absolute atomic E-state index is 12.9. The summed E-state index contributed by atoms with van der Waals surface area (Å²) in [5.41, 5.74) is 1.15. The van der Waals surface area contributed by atoms with Crippen LogP contribution in [0, 0.1) is 12.7 Å². The Morgan fingerprint density at radius 2 is 2.00 bits per heavy atom. The van der Waals surface area contributed by atoms with Gasteiger partial charge in [-0.05, 0) is 31.5 Å². The average molecular weight is 320 g/mol. The van der Waals surface area contributed by atoms with Crippen molar-refractivity contribution in [2.24, 2.45) is 7.05 Å². The van der Waals surface area contributed by atoms with E-state index in [0.29, 0.717) is 12.1 Å². The van der Waals surface area contributed by atoms with Gasteiger partial charge in [-0.3, -0.25) is 4.68 Å². The molecule has 23 heavy (non-hydrogen) atoms. The van der Waals surface area contributed by atoms with Crippen molar-refractivity contribution in [3.8, 4) is 0 Å². The molecule has 6 nitrogen and oxygen atoms in total. The van der Waals surface area contributed by atoms with E-state index >= 15 is 0 Å². The third kappa shape index (κ3) is 4.29. The monoisotopic (exact) mass is 320 g/mol. The zero-order valence-electron chi connectivity index (χ0n) is 13.4. The Morgan fingerprint density at radius 3 is 2.57 bits per heavy atom. The Bertz CT molecular complexity index is 680. The molecule has 0 aliphatic heterocycles. The Balaban J connectivity index is 1.86. The van der Waals surface area contributed by atoms with Crippen LogP contribution in [0.3, 0.4) is 0 Å². The van der Waals surface area contributed by atoms with E-state index in [4.69, 9.17) is 0 Å². The van der Waals surface area contributed by atoms with E-state index in [1.807, 2.05) is 14.0 Å². The first-order chi connectivity index (χ1) is 10.8. The van der Waals surface area contributed by atoms with Crippen LogP contribution in [-0.4, -0.2) is 27.5 Å². The molecule has 124 valence electrons. The minimum absolute atomic E-state index is 0.0104. The fraction of sp³-hybridized carbons (Fsp3) is 0.375. The molecule has 2 amide bonds. The van der Waals surface area contributed by atoms with Gasteiger partial charge < -0.3 is 15.7 Å². The summed E-state index contributed by atoms with van der Waals surface area (Å²) in [6.45, 7) is 3.84. The smallest absolute Gasteiger partial charge is 0.315 e.